The molecule has 0 spiro atoms. The van der Waals surface area contributed by atoms with Crippen LogP contribution in [0.3, 0.4) is 0 Å². The lowest BCUT2D eigenvalue weighted by Gasteiger charge is -2.20. The predicted molar refractivity (Wildman–Crippen MR) is 163 cm³/mol. The lowest BCUT2D eigenvalue weighted by atomic mass is 10.0. The Hall–Kier alpha value is -1.03. The van der Waals surface area contributed by atoms with Crippen molar-refractivity contribution in [1.29, 1.82) is 0 Å². The average Bonchev–Trinajstić information content (AvgIpc) is 3.21. The van der Waals surface area contributed by atoms with E-state index in [1.807, 2.05) is 0 Å². The summed E-state index contributed by atoms with van der Waals surface area (Å²) in [6.45, 7) is 0.956. The first-order valence-corrected chi connectivity index (χ1v) is 19.7. The van der Waals surface area contributed by atoms with Crippen LogP contribution in [0.1, 0.15) is 103 Å². The Balaban J connectivity index is 1.64. The van der Waals surface area contributed by atoms with E-state index < -0.39 is 60.3 Å². The Labute approximate surface area is 262 Å². The largest absolute Gasteiger partial charge is 0.490 e. The molecule has 20 heteroatoms. The fourth-order valence-electron chi connectivity index (χ4n) is 4.68. The number of anilines is 1. The SMILES string of the molecule is CCCCCCCCCCCCCCCCOP(=O)(O)OP(=O)(O)OP(=O)(O)OC[C@H]1O[C@@H](n2ccc(N)nc2=O)[C@H](O)[C@H]1O. The molecular weight excluding hydrogens is 659 g/mol. The highest BCUT2D eigenvalue weighted by atomic mass is 31.3. The molecule has 2 heterocycles. The van der Waals surface area contributed by atoms with Gasteiger partial charge in [-0.2, -0.15) is 13.6 Å². The topological polar surface area (TPSA) is 259 Å². The van der Waals surface area contributed by atoms with Crippen LogP contribution < -0.4 is 11.4 Å². The van der Waals surface area contributed by atoms with E-state index in [0.717, 1.165) is 36.4 Å². The molecule has 0 aromatic carbocycles. The van der Waals surface area contributed by atoms with Gasteiger partial charge < -0.3 is 35.4 Å². The van der Waals surface area contributed by atoms with Gasteiger partial charge >= 0.3 is 29.2 Å². The number of nitrogens with two attached hydrogens (primary N) is 1. The lowest BCUT2D eigenvalue weighted by Crippen LogP contribution is -2.36. The van der Waals surface area contributed by atoms with Crippen molar-refractivity contribution in [2.45, 2.75) is 121 Å². The van der Waals surface area contributed by atoms with Gasteiger partial charge in [-0.3, -0.25) is 13.6 Å². The smallest absolute Gasteiger partial charge is 0.387 e. The first-order chi connectivity index (χ1) is 21.2. The van der Waals surface area contributed by atoms with Gasteiger partial charge in [0, 0.05) is 6.20 Å². The lowest BCUT2D eigenvalue weighted by molar-refractivity contribution is -0.0541. The third kappa shape index (κ3) is 15.6. The van der Waals surface area contributed by atoms with Gasteiger partial charge in [0.1, 0.15) is 24.1 Å². The van der Waals surface area contributed by atoms with E-state index in [9.17, 15) is 43.4 Å². The van der Waals surface area contributed by atoms with Crippen LogP contribution in [0.2, 0.25) is 0 Å². The molecule has 7 N–H and O–H groups in total. The highest BCUT2D eigenvalue weighted by Crippen LogP contribution is 2.67. The molecule has 1 aliphatic heterocycles. The highest BCUT2D eigenvalue weighted by molar-refractivity contribution is 7.66. The zero-order chi connectivity index (χ0) is 33.5. The van der Waals surface area contributed by atoms with Crippen LogP contribution in [0, 0.1) is 0 Å². The van der Waals surface area contributed by atoms with Crippen LogP contribution in [0.5, 0.6) is 0 Å². The number of unbranched alkanes of at least 4 members (excludes halogenated alkanes) is 13. The summed E-state index contributed by atoms with van der Waals surface area (Å²) in [7, 11) is -16.3. The van der Waals surface area contributed by atoms with Crippen LogP contribution in [0.25, 0.3) is 0 Å². The number of phosphoric acid groups is 3. The van der Waals surface area contributed by atoms with Crippen molar-refractivity contribution in [3.63, 3.8) is 0 Å². The molecule has 7 atom stereocenters. The monoisotopic (exact) mass is 707 g/mol. The van der Waals surface area contributed by atoms with E-state index in [-0.39, 0.29) is 12.4 Å². The Morgan fingerprint density at radius 3 is 1.80 bits per heavy atom. The number of aliphatic hydroxyl groups is 2. The molecule has 1 aliphatic rings. The molecule has 262 valence electrons. The highest BCUT2D eigenvalue weighted by Gasteiger charge is 2.47. The zero-order valence-corrected chi connectivity index (χ0v) is 28.2. The van der Waals surface area contributed by atoms with Gasteiger partial charge in [-0.15, -0.1) is 0 Å². The van der Waals surface area contributed by atoms with Crippen molar-refractivity contribution in [2.75, 3.05) is 18.9 Å². The average molecular weight is 708 g/mol. The molecule has 0 radical (unpaired) electrons. The number of nitrogens with zero attached hydrogens (tertiary/aromatic N) is 2. The Bertz CT molecular complexity index is 1220. The maximum atomic E-state index is 12.2. The first kappa shape index (κ1) is 40.1. The summed E-state index contributed by atoms with van der Waals surface area (Å²) in [5.74, 6) is -0.106. The van der Waals surface area contributed by atoms with E-state index in [1.165, 1.54) is 57.4 Å². The molecule has 1 aromatic rings. The van der Waals surface area contributed by atoms with Crippen LogP contribution in [-0.2, 0) is 36.1 Å². The molecule has 1 saturated heterocycles. The van der Waals surface area contributed by atoms with Gasteiger partial charge in [-0.1, -0.05) is 90.4 Å². The molecule has 2 rings (SSSR count). The standard InChI is InChI=1S/C25H48N3O14P3/c1-2-3-4-5-6-7-8-9-10-11-12-13-14-15-18-38-43(32,33)41-45(36,37)42-44(34,35)39-19-20-22(29)23(30)24(40-20)28-17-16-21(26)27-25(28)31/h16-17,20,22-24,29-30H,2-15,18-19H2,1H3,(H,32,33)(H,34,35)(H,36,37)(H2,26,27,31)/t20-,22+,23-,24-/m1/s1. The van der Waals surface area contributed by atoms with Crippen LogP contribution in [0.4, 0.5) is 5.82 Å². The number of aliphatic hydroxyl groups excluding tert-OH is 2. The van der Waals surface area contributed by atoms with Gasteiger partial charge in [0.25, 0.3) is 0 Å². The van der Waals surface area contributed by atoms with E-state index in [2.05, 4.69) is 29.6 Å². The van der Waals surface area contributed by atoms with Crippen molar-refractivity contribution >= 4 is 29.3 Å². The Morgan fingerprint density at radius 1 is 0.800 bits per heavy atom. The quantitative estimate of drug-likeness (QED) is 0.0646. The zero-order valence-electron chi connectivity index (χ0n) is 25.5. The van der Waals surface area contributed by atoms with Gasteiger partial charge in [0.15, 0.2) is 6.23 Å². The molecular formula is C25H48N3O14P3. The maximum Gasteiger partial charge on any atom is 0.490 e. The molecule has 1 aromatic heterocycles. The number of hydrogen-bond acceptors (Lipinski definition) is 13. The Morgan fingerprint density at radius 2 is 1.29 bits per heavy atom. The third-order valence-corrected chi connectivity index (χ3v) is 11.3. The minimum atomic E-state index is -5.68. The number of aromatic nitrogens is 2. The van der Waals surface area contributed by atoms with Gasteiger partial charge in [-0.05, 0) is 12.5 Å². The van der Waals surface area contributed by atoms with Crippen LogP contribution >= 0.6 is 23.5 Å². The summed E-state index contributed by atoms with van der Waals surface area (Å²) in [6, 6.07) is 1.23. The van der Waals surface area contributed by atoms with E-state index in [0.29, 0.717) is 12.8 Å². The second kappa shape index (κ2) is 19.7. The van der Waals surface area contributed by atoms with Crippen molar-refractivity contribution in [3.05, 3.63) is 22.7 Å². The minimum Gasteiger partial charge on any atom is -0.387 e. The number of hydrogen-bond donors (Lipinski definition) is 6. The van der Waals surface area contributed by atoms with Crippen molar-refractivity contribution in [2.24, 2.45) is 0 Å². The third-order valence-electron chi connectivity index (χ3n) is 7.03. The van der Waals surface area contributed by atoms with Crippen molar-refractivity contribution in [1.82, 2.24) is 9.55 Å². The fraction of sp³-hybridized carbons (Fsp3) is 0.840. The number of rotatable bonds is 24. The molecule has 17 nitrogen and oxygen atoms in total. The van der Waals surface area contributed by atoms with E-state index in [4.69, 9.17) is 10.5 Å². The van der Waals surface area contributed by atoms with Crippen molar-refractivity contribution < 1.29 is 61.0 Å². The summed E-state index contributed by atoms with van der Waals surface area (Å²) < 4.78 is 59.9. The molecule has 0 amide bonds. The summed E-state index contributed by atoms with van der Waals surface area (Å²) >= 11 is 0. The van der Waals surface area contributed by atoms with Crippen LogP contribution in [-0.4, -0.2) is 66.0 Å². The normalized spacial score (nSPS) is 24.2. The summed E-state index contributed by atoms with van der Waals surface area (Å²) in [4.78, 5) is 44.8. The van der Waals surface area contributed by atoms with E-state index in [1.54, 1.807) is 0 Å². The minimum absolute atomic E-state index is 0.106. The molecule has 0 bridgehead atoms. The first-order valence-electron chi connectivity index (χ1n) is 15.2. The maximum absolute atomic E-state index is 12.2. The fourth-order valence-corrected chi connectivity index (χ4v) is 8.23. The number of ether oxygens (including phenoxy) is 1. The molecule has 0 aliphatic carbocycles. The van der Waals surface area contributed by atoms with Crippen molar-refractivity contribution in [3.8, 4) is 0 Å². The van der Waals surface area contributed by atoms with Gasteiger partial charge in [0.2, 0.25) is 0 Å². The number of phosphoric ester groups is 2. The van der Waals surface area contributed by atoms with E-state index >= 15 is 0 Å². The summed E-state index contributed by atoms with van der Waals surface area (Å²) in [6.07, 6.45) is 10.2. The van der Waals surface area contributed by atoms with Gasteiger partial charge in [-0.25, -0.2) is 18.5 Å². The molecule has 0 saturated carbocycles. The number of nitrogen functional groups attached to an aromatic ring is 1. The molecule has 1 fully saturated rings. The Kier molecular flexibility index (Phi) is 17.6. The van der Waals surface area contributed by atoms with Crippen LogP contribution in [0.15, 0.2) is 17.1 Å². The molecule has 45 heavy (non-hydrogen) atoms. The second-order valence-corrected chi connectivity index (χ2v) is 15.5. The molecule has 3 unspecified atom stereocenters. The van der Waals surface area contributed by atoms with Gasteiger partial charge in [0.05, 0.1) is 13.2 Å². The second-order valence-electron chi connectivity index (χ2n) is 10.9. The predicted octanol–water partition coefficient (Wildman–Crippen LogP) is 4.29. The summed E-state index contributed by atoms with van der Waals surface area (Å²) in [5, 5.41) is 20.4. The summed E-state index contributed by atoms with van der Waals surface area (Å²) in [5.41, 5.74) is 4.50.